The van der Waals surface area contributed by atoms with Crippen LogP contribution in [-0.4, -0.2) is 65.0 Å². The summed E-state index contributed by atoms with van der Waals surface area (Å²) in [7, 11) is 0. The Morgan fingerprint density at radius 2 is 1.90 bits per heavy atom. The Morgan fingerprint density at radius 3 is 2.62 bits per heavy atom. The van der Waals surface area contributed by atoms with Crippen LogP contribution in [0.25, 0.3) is 0 Å². The van der Waals surface area contributed by atoms with Crippen LogP contribution in [0.4, 0.5) is 4.79 Å². The van der Waals surface area contributed by atoms with Crippen molar-refractivity contribution in [3.8, 4) is 5.75 Å². The number of para-hydroxylation sites is 1. The maximum atomic E-state index is 11.0. The smallest absolute Gasteiger partial charge is 0.407 e. The number of aliphatic hydroxyl groups is 1. The Balaban J connectivity index is 1.82. The van der Waals surface area contributed by atoms with Crippen LogP contribution in [0.1, 0.15) is 18.0 Å². The summed E-state index contributed by atoms with van der Waals surface area (Å²) < 4.78 is 5.71. The molecule has 1 aromatic rings. The molecule has 114 valence electrons. The second-order valence-electron chi connectivity index (χ2n) is 5.49. The van der Waals surface area contributed by atoms with Crippen molar-refractivity contribution < 1.29 is 19.7 Å². The lowest BCUT2D eigenvalue weighted by Crippen LogP contribution is -2.51. The lowest BCUT2D eigenvalue weighted by Gasteiger charge is -2.39. The first kappa shape index (κ1) is 14.2. The van der Waals surface area contributed by atoms with Gasteiger partial charge in [-0.25, -0.2) is 4.79 Å². The summed E-state index contributed by atoms with van der Waals surface area (Å²) in [6, 6.07) is 7.66. The molecule has 0 spiro atoms. The van der Waals surface area contributed by atoms with Gasteiger partial charge in [-0.15, -0.1) is 0 Å². The summed E-state index contributed by atoms with van der Waals surface area (Å²) in [5, 5.41) is 19.5. The molecule has 6 heteroatoms. The Kier molecular flexibility index (Phi) is 3.98. The quantitative estimate of drug-likeness (QED) is 0.813. The minimum absolute atomic E-state index is 0.125. The molecule has 1 fully saturated rings. The molecular formula is C15H20N2O4. The van der Waals surface area contributed by atoms with Gasteiger partial charge in [-0.1, -0.05) is 18.2 Å². The van der Waals surface area contributed by atoms with E-state index in [4.69, 9.17) is 9.84 Å². The molecule has 0 aliphatic carbocycles. The molecule has 0 aromatic heterocycles. The van der Waals surface area contributed by atoms with Gasteiger partial charge in [0.25, 0.3) is 0 Å². The van der Waals surface area contributed by atoms with Gasteiger partial charge in [0.15, 0.2) is 0 Å². The van der Waals surface area contributed by atoms with E-state index in [1.807, 2.05) is 24.3 Å². The highest BCUT2D eigenvalue weighted by molar-refractivity contribution is 5.65. The van der Waals surface area contributed by atoms with Crippen LogP contribution < -0.4 is 4.74 Å². The lowest BCUT2D eigenvalue weighted by molar-refractivity contribution is 0.0166. The Hall–Kier alpha value is -1.79. The number of piperazine rings is 1. The number of benzene rings is 1. The topological polar surface area (TPSA) is 73.2 Å². The van der Waals surface area contributed by atoms with E-state index in [9.17, 15) is 9.90 Å². The molecule has 6 nitrogen and oxygen atoms in total. The molecule has 1 amide bonds. The Labute approximate surface area is 123 Å². The second kappa shape index (κ2) is 5.91. The maximum Gasteiger partial charge on any atom is 0.407 e. The van der Waals surface area contributed by atoms with Gasteiger partial charge in [0.2, 0.25) is 0 Å². The molecular weight excluding hydrogens is 272 g/mol. The zero-order valence-electron chi connectivity index (χ0n) is 11.8. The van der Waals surface area contributed by atoms with Gasteiger partial charge in [0.1, 0.15) is 5.75 Å². The van der Waals surface area contributed by atoms with E-state index in [0.29, 0.717) is 39.2 Å². The summed E-state index contributed by atoms with van der Waals surface area (Å²) >= 11 is 0. The molecule has 21 heavy (non-hydrogen) atoms. The molecule has 0 unspecified atom stereocenters. The first-order chi connectivity index (χ1) is 10.2. The number of hydrogen-bond acceptors (Lipinski definition) is 4. The molecule has 0 saturated carbocycles. The van der Waals surface area contributed by atoms with Crippen LogP contribution in [-0.2, 0) is 0 Å². The van der Waals surface area contributed by atoms with Crippen molar-refractivity contribution in [2.24, 2.45) is 0 Å². The average molecular weight is 292 g/mol. The minimum Gasteiger partial charge on any atom is -0.493 e. The van der Waals surface area contributed by atoms with Crippen LogP contribution in [0.3, 0.4) is 0 Å². The van der Waals surface area contributed by atoms with Gasteiger partial charge in [-0.3, -0.25) is 4.90 Å². The van der Waals surface area contributed by atoms with Gasteiger partial charge in [0, 0.05) is 38.2 Å². The van der Waals surface area contributed by atoms with Crippen LogP contribution in [0.15, 0.2) is 24.3 Å². The molecule has 2 atom stereocenters. The van der Waals surface area contributed by atoms with E-state index in [-0.39, 0.29) is 6.04 Å². The number of fused-ring (bicyclic) bond motifs is 1. The van der Waals surface area contributed by atoms with E-state index in [2.05, 4.69) is 4.90 Å². The zero-order valence-corrected chi connectivity index (χ0v) is 11.8. The predicted octanol–water partition coefficient (Wildman–Crippen LogP) is 1.17. The zero-order chi connectivity index (χ0) is 14.8. The number of hydrogen-bond donors (Lipinski definition) is 2. The minimum atomic E-state index is -0.875. The molecule has 3 rings (SSSR count). The first-order valence-corrected chi connectivity index (χ1v) is 7.28. The van der Waals surface area contributed by atoms with Crippen LogP contribution in [0.5, 0.6) is 5.75 Å². The van der Waals surface area contributed by atoms with Gasteiger partial charge in [-0.2, -0.15) is 0 Å². The molecule has 2 aliphatic rings. The SMILES string of the molecule is O=C(O)N1CCN([C@@H]2c3ccccc3OCC[C@@H]2O)CC1. The fourth-order valence-electron chi connectivity index (χ4n) is 3.14. The van der Waals surface area contributed by atoms with Crippen molar-refractivity contribution in [3.05, 3.63) is 29.8 Å². The third-order valence-electron chi connectivity index (χ3n) is 4.25. The van der Waals surface area contributed by atoms with E-state index >= 15 is 0 Å². The summed E-state index contributed by atoms with van der Waals surface area (Å²) in [5.41, 5.74) is 0.992. The molecule has 0 radical (unpaired) electrons. The number of carboxylic acid groups (broad SMARTS) is 1. The van der Waals surface area contributed by atoms with Crippen molar-refractivity contribution in [2.45, 2.75) is 18.6 Å². The van der Waals surface area contributed by atoms with Crippen molar-refractivity contribution in [2.75, 3.05) is 32.8 Å². The normalized spacial score (nSPS) is 26.6. The highest BCUT2D eigenvalue weighted by atomic mass is 16.5. The summed E-state index contributed by atoms with van der Waals surface area (Å²) in [5.74, 6) is 0.819. The summed E-state index contributed by atoms with van der Waals surface area (Å²) in [6.07, 6.45) is -0.789. The third kappa shape index (κ3) is 2.82. The fourth-order valence-corrected chi connectivity index (χ4v) is 3.14. The number of nitrogens with zero attached hydrogens (tertiary/aromatic N) is 2. The van der Waals surface area contributed by atoms with E-state index in [1.54, 1.807) is 0 Å². The van der Waals surface area contributed by atoms with E-state index < -0.39 is 12.2 Å². The second-order valence-corrected chi connectivity index (χ2v) is 5.49. The van der Waals surface area contributed by atoms with Gasteiger partial charge in [-0.05, 0) is 6.07 Å². The monoisotopic (exact) mass is 292 g/mol. The fraction of sp³-hybridized carbons (Fsp3) is 0.533. The number of carbonyl (C=O) groups is 1. The maximum absolute atomic E-state index is 11.0. The van der Waals surface area contributed by atoms with Crippen molar-refractivity contribution >= 4 is 6.09 Å². The van der Waals surface area contributed by atoms with Crippen molar-refractivity contribution in [1.29, 1.82) is 0 Å². The van der Waals surface area contributed by atoms with Gasteiger partial charge >= 0.3 is 6.09 Å². The average Bonchev–Trinajstić information content (AvgIpc) is 2.65. The third-order valence-corrected chi connectivity index (χ3v) is 4.25. The van der Waals surface area contributed by atoms with Gasteiger partial charge in [0.05, 0.1) is 18.8 Å². The Bertz CT molecular complexity index is 514. The number of aliphatic hydroxyl groups excluding tert-OH is 1. The summed E-state index contributed by atoms with van der Waals surface area (Å²) in [4.78, 5) is 14.6. The van der Waals surface area contributed by atoms with E-state index in [0.717, 1.165) is 11.3 Å². The van der Waals surface area contributed by atoms with Crippen LogP contribution in [0, 0.1) is 0 Å². The van der Waals surface area contributed by atoms with Crippen LogP contribution in [0.2, 0.25) is 0 Å². The summed E-state index contributed by atoms with van der Waals surface area (Å²) in [6.45, 7) is 2.71. The molecule has 2 N–H and O–H groups in total. The van der Waals surface area contributed by atoms with Gasteiger partial charge < -0.3 is 19.8 Å². The van der Waals surface area contributed by atoms with Crippen LogP contribution >= 0.6 is 0 Å². The standard InChI is InChI=1S/C15H20N2O4/c18-12-5-10-21-13-4-2-1-3-11(13)14(12)16-6-8-17(9-7-16)15(19)20/h1-4,12,14,18H,5-10H2,(H,19,20)/t12-,14+/m0/s1. The molecule has 1 aromatic carbocycles. The van der Waals surface area contributed by atoms with Crippen molar-refractivity contribution in [3.63, 3.8) is 0 Å². The molecule has 2 aliphatic heterocycles. The Morgan fingerprint density at radius 1 is 1.19 bits per heavy atom. The largest absolute Gasteiger partial charge is 0.493 e. The lowest BCUT2D eigenvalue weighted by atomic mass is 9.97. The highest BCUT2D eigenvalue weighted by Gasteiger charge is 2.34. The number of rotatable bonds is 1. The molecule has 1 saturated heterocycles. The first-order valence-electron chi connectivity index (χ1n) is 7.28. The number of ether oxygens (including phenoxy) is 1. The van der Waals surface area contributed by atoms with Crippen molar-refractivity contribution in [1.82, 2.24) is 9.80 Å². The molecule has 2 heterocycles. The van der Waals surface area contributed by atoms with E-state index in [1.165, 1.54) is 4.90 Å². The molecule has 0 bridgehead atoms. The highest BCUT2D eigenvalue weighted by Crippen LogP contribution is 2.36. The predicted molar refractivity (Wildman–Crippen MR) is 76.5 cm³/mol. The number of amides is 1.